The molecule has 0 heterocycles. The summed E-state index contributed by atoms with van der Waals surface area (Å²) in [5.74, 6) is 0. The zero-order valence-electron chi connectivity index (χ0n) is 6.07. The number of rotatable bonds is 1. The lowest BCUT2D eigenvalue weighted by Gasteiger charge is -1.90. The second kappa shape index (κ2) is 4.10. The van der Waals surface area contributed by atoms with Gasteiger partial charge in [0.25, 0.3) is 0 Å². The Morgan fingerprint density at radius 3 is 1.91 bits per heavy atom. The molecule has 1 aromatic rings. The van der Waals surface area contributed by atoms with Crippen LogP contribution < -0.4 is 0 Å². The summed E-state index contributed by atoms with van der Waals surface area (Å²) in [6.45, 7) is 1.92. The number of benzene rings is 1. The summed E-state index contributed by atoms with van der Waals surface area (Å²) in [4.78, 5) is 0.376. The van der Waals surface area contributed by atoms with E-state index in [1.165, 1.54) is 0 Å². The highest BCUT2D eigenvalue weighted by atomic mass is 32.2. The first-order chi connectivity index (χ1) is 4.70. The lowest BCUT2D eigenvalue weighted by atomic mass is 10.2. The van der Waals surface area contributed by atoms with Gasteiger partial charge < -0.3 is 5.48 Å². The van der Waals surface area contributed by atoms with E-state index < -0.39 is 10.7 Å². The van der Waals surface area contributed by atoms with Gasteiger partial charge in [0.1, 0.15) is 0 Å². The van der Waals surface area contributed by atoms with Gasteiger partial charge in [0.05, 0.1) is 4.90 Å². The Hall–Kier alpha value is -0.870. The fourth-order valence-corrected chi connectivity index (χ4v) is 1.06. The van der Waals surface area contributed by atoms with Crippen LogP contribution in [0.4, 0.5) is 0 Å². The van der Waals surface area contributed by atoms with E-state index in [9.17, 15) is 8.42 Å². The van der Waals surface area contributed by atoms with Crippen molar-refractivity contribution in [2.75, 3.05) is 0 Å². The summed E-state index contributed by atoms with van der Waals surface area (Å²) in [6.07, 6.45) is 0. The molecular formula is C7H10O3S. The van der Waals surface area contributed by atoms with Crippen LogP contribution in [0.5, 0.6) is 0 Å². The number of hydrogen-bond acceptors (Lipinski definition) is 2. The predicted octanol–water partition coefficient (Wildman–Crippen LogP) is 0.141. The molecule has 0 saturated heterocycles. The van der Waals surface area contributed by atoms with E-state index >= 15 is 0 Å². The van der Waals surface area contributed by atoms with Gasteiger partial charge in [-0.05, 0) is 19.1 Å². The molecular weight excluding hydrogens is 164 g/mol. The molecule has 0 bridgehead atoms. The predicted molar refractivity (Wildman–Crippen MR) is 43.4 cm³/mol. The summed E-state index contributed by atoms with van der Waals surface area (Å²) < 4.78 is 20.7. The van der Waals surface area contributed by atoms with Crippen LogP contribution in [-0.2, 0) is 10.7 Å². The zero-order valence-corrected chi connectivity index (χ0v) is 6.97. The molecule has 62 valence electrons. The van der Waals surface area contributed by atoms with Crippen LogP contribution in [0.15, 0.2) is 29.2 Å². The molecule has 0 saturated carbocycles. The smallest absolute Gasteiger partial charge is 0.168 e. The Labute approximate surface area is 66.9 Å². The van der Waals surface area contributed by atoms with Crippen LogP contribution in [0, 0.1) is 6.92 Å². The number of aryl methyl sites for hydroxylation is 1. The second-order valence-corrected chi connectivity index (χ2v) is 3.12. The highest BCUT2D eigenvalue weighted by molar-refractivity contribution is 7.72. The lowest BCUT2D eigenvalue weighted by molar-refractivity contribution is 0.614. The lowest BCUT2D eigenvalue weighted by Crippen LogP contribution is -1.78. The van der Waals surface area contributed by atoms with Gasteiger partial charge in [0, 0.05) is 0 Å². The third-order valence-corrected chi connectivity index (χ3v) is 1.96. The average Bonchev–Trinajstić information content (AvgIpc) is 1.88. The van der Waals surface area contributed by atoms with Crippen molar-refractivity contribution in [1.29, 1.82) is 0 Å². The Balaban J connectivity index is 0.000001000. The zero-order chi connectivity index (χ0) is 7.56. The maximum Gasteiger partial charge on any atom is 0.168 e. The van der Waals surface area contributed by atoms with Crippen molar-refractivity contribution in [3.63, 3.8) is 0 Å². The van der Waals surface area contributed by atoms with Crippen LogP contribution in [0.3, 0.4) is 0 Å². The first-order valence-electron chi connectivity index (χ1n) is 2.91. The number of thiol groups is 1. The fourth-order valence-electron chi connectivity index (χ4n) is 0.666. The molecule has 11 heavy (non-hydrogen) atoms. The first-order valence-corrected chi connectivity index (χ1v) is 4.09. The summed E-state index contributed by atoms with van der Waals surface area (Å²) in [7, 11) is -2.41. The maximum absolute atomic E-state index is 10.3. The molecule has 0 aliphatic carbocycles. The second-order valence-electron chi connectivity index (χ2n) is 2.09. The Morgan fingerprint density at radius 1 is 1.09 bits per heavy atom. The number of hydrogen-bond donors (Lipinski definition) is 1. The van der Waals surface area contributed by atoms with Crippen molar-refractivity contribution >= 4 is 10.7 Å². The van der Waals surface area contributed by atoms with E-state index in [1.54, 1.807) is 24.3 Å². The minimum absolute atomic E-state index is 0. The Bertz CT molecular complexity index is 279. The molecule has 0 aliphatic heterocycles. The van der Waals surface area contributed by atoms with E-state index in [0.29, 0.717) is 4.90 Å². The van der Waals surface area contributed by atoms with E-state index in [0.717, 1.165) is 5.56 Å². The van der Waals surface area contributed by atoms with Crippen molar-refractivity contribution in [2.45, 2.75) is 11.8 Å². The SMILES string of the molecule is Cc1ccc([SH](=O)=O)cc1.O. The third-order valence-electron chi connectivity index (χ3n) is 1.24. The summed E-state index contributed by atoms with van der Waals surface area (Å²) >= 11 is 0. The molecule has 0 spiro atoms. The maximum atomic E-state index is 10.3. The van der Waals surface area contributed by atoms with E-state index in [4.69, 9.17) is 0 Å². The minimum atomic E-state index is -2.41. The van der Waals surface area contributed by atoms with E-state index in [-0.39, 0.29) is 5.48 Å². The molecule has 0 fully saturated rings. The highest BCUT2D eigenvalue weighted by Crippen LogP contribution is 2.02. The molecule has 1 aromatic carbocycles. The van der Waals surface area contributed by atoms with Crippen molar-refractivity contribution < 1.29 is 13.9 Å². The third kappa shape index (κ3) is 2.69. The van der Waals surface area contributed by atoms with Gasteiger partial charge in [-0.2, -0.15) is 0 Å². The van der Waals surface area contributed by atoms with Crippen molar-refractivity contribution in [2.24, 2.45) is 0 Å². The van der Waals surface area contributed by atoms with E-state index in [2.05, 4.69) is 0 Å². The molecule has 0 aliphatic rings. The van der Waals surface area contributed by atoms with Crippen LogP contribution >= 0.6 is 0 Å². The van der Waals surface area contributed by atoms with Gasteiger partial charge in [0.15, 0.2) is 10.7 Å². The van der Waals surface area contributed by atoms with Crippen molar-refractivity contribution in [3.05, 3.63) is 29.8 Å². The summed E-state index contributed by atoms with van der Waals surface area (Å²) in [6, 6.07) is 6.75. The normalized spacial score (nSPS) is 9.27. The molecule has 4 heteroatoms. The molecule has 0 atom stereocenters. The quantitative estimate of drug-likeness (QED) is 0.615. The fraction of sp³-hybridized carbons (Fsp3) is 0.143. The molecule has 0 radical (unpaired) electrons. The largest absolute Gasteiger partial charge is 0.412 e. The van der Waals surface area contributed by atoms with Gasteiger partial charge in [-0.15, -0.1) is 0 Å². The van der Waals surface area contributed by atoms with Gasteiger partial charge in [-0.25, -0.2) is 8.42 Å². The Kier molecular flexibility index (Phi) is 3.78. The van der Waals surface area contributed by atoms with Crippen molar-refractivity contribution in [1.82, 2.24) is 0 Å². The summed E-state index contributed by atoms with van der Waals surface area (Å²) in [5.41, 5.74) is 1.07. The van der Waals surface area contributed by atoms with Crippen LogP contribution in [0.25, 0.3) is 0 Å². The monoisotopic (exact) mass is 174 g/mol. The molecule has 0 unspecified atom stereocenters. The molecule has 3 nitrogen and oxygen atoms in total. The standard InChI is InChI=1S/C7H8O2S.H2O/c1-6-2-4-7(5-3-6)10(8)9;/h2-5,10H,1H3;1H2. The molecule has 0 amide bonds. The van der Waals surface area contributed by atoms with Crippen molar-refractivity contribution in [3.8, 4) is 0 Å². The molecule has 0 aromatic heterocycles. The molecule has 1 rings (SSSR count). The first kappa shape index (κ1) is 10.1. The highest BCUT2D eigenvalue weighted by Gasteiger charge is 1.90. The minimum Gasteiger partial charge on any atom is -0.412 e. The van der Waals surface area contributed by atoms with Gasteiger partial charge in [0.2, 0.25) is 0 Å². The van der Waals surface area contributed by atoms with Crippen LogP contribution in [0.2, 0.25) is 0 Å². The Morgan fingerprint density at radius 2 is 1.55 bits per heavy atom. The van der Waals surface area contributed by atoms with Gasteiger partial charge in [-0.3, -0.25) is 0 Å². The van der Waals surface area contributed by atoms with Crippen LogP contribution in [-0.4, -0.2) is 13.9 Å². The average molecular weight is 174 g/mol. The van der Waals surface area contributed by atoms with Crippen LogP contribution in [0.1, 0.15) is 5.56 Å². The van der Waals surface area contributed by atoms with E-state index in [1.807, 2.05) is 6.92 Å². The topological polar surface area (TPSA) is 65.6 Å². The molecule has 2 N–H and O–H groups in total. The van der Waals surface area contributed by atoms with Gasteiger partial charge >= 0.3 is 0 Å². The summed E-state index contributed by atoms with van der Waals surface area (Å²) in [5, 5.41) is 0. The van der Waals surface area contributed by atoms with Gasteiger partial charge in [-0.1, -0.05) is 17.7 Å².